The molecule has 0 fully saturated rings. The number of ether oxygens (including phenoxy) is 1. The maximum absolute atomic E-state index is 12.5. The van der Waals surface area contributed by atoms with Crippen LogP contribution in [0.25, 0.3) is 11.3 Å². The van der Waals surface area contributed by atoms with E-state index in [1.165, 1.54) is 12.1 Å². The van der Waals surface area contributed by atoms with Crippen molar-refractivity contribution in [3.05, 3.63) is 81.7 Å². The third kappa shape index (κ3) is 5.24. The van der Waals surface area contributed by atoms with Crippen LogP contribution < -0.4 is 5.32 Å². The van der Waals surface area contributed by atoms with Crippen LogP contribution in [0.2, 0.25) is 0 Å². The molecule has 1 amide bonds. The van der Waals surface area contributed by atoms with Gasteiger partial charge in [0.25, 0.3) is 5.91 Å². The Hall–Kier alpha value is -4.05. The summed E-state index contributed by atoms with van der Waals surface area (Å²) in [5, 5.41) is 23.4. The Morgan fingerprint density at radius 1 is 1.18 bits per heavy atom. The van der Waals surface area contributed by atoms with Crippen LogP contribution in [-0.2, 0) is 22.5 Å². The lowest BCUT2D eigenvalue weighted by Crippen LogP contribution is -2.44. The lowest BCUT2D eigenvalue weighted by Gasteiger charge is -2.14. The van der Waals surface area contributed by atoms with Crippen molar-refractivity contribution in [1.82, 2.24) is 14.9 Å². The number of aryl methyl sites for hydroxylation is 1. The number of aliphatic hydroxyl groups excluding tert-OH is 1. The Bertz CT molecular complexity index is 1140. The van der Waals surface area contributed by atoms with Gasteiger partial charge in [0.15, 0.2) is 11.7 Å². The highest BCUT2D eigenvalue weighted by Gasteiger charge is 2.28. The van der Waals surface area contributed by atoms with Crippen molar-refractivity contribution in [3.63, 3.8) is 0 Å². The number of benzene rings is 2. The van der Waals surface area contributed by atoms with Crippen molar-refractivity contribution < 1.29 is 24.4 Å². The Balaban J connectivity index is 1.97. The molecule has 1 atom stereocenters. The van der Waals surface area contributed by atoms with Crippen molar-refractivity contribution in [3.8, 4) is 11.3 Å². The molecule has 0 spiro atoms. The Morgan fingerprint density at radius 2 is 1.85 bits per heavy atom. The molecule has 0 unspecified atom stereocenters. The monoisotopic (exact) mass is 452 g/mol. The van der Waals surface area contributed by atoms with Gasteiger partial charge < -0.3 is 25.3 Å². The van der Waals surface area contributed by atoms with Gasteiger partial charge in [-0.1, -0.05) is 49.4 Å². The number of carbonyl (C=O) groups excluding carboxylic acids is 2. The summed E-state index contributed by atoms with van der Waals surface area (Å²) in [6.07, 6.45) is 0.504. The summed E-state index contributed by atoms with van der Waals surface area (Å²) in [6.45, 7) is 1.67. The molecule has 2 aromatic carbocycles. The number of nitrogens with one attached hydrogen (secondary N) is 1. The van der Waals surface area contributed by atoms with Crippen molar-refractivity contribution >= 4 is 17.7 Å². The number of esters is 1. The molecule has 3 aromatic rings. The molecule has 10 heteroatoms. The fourth-order valence-corrected chi connectivity index (χ4v) is 3.45. The molecule has 33 heavy (non-hydrogen) atoms. The second-order valence-electron chi connectivity index (χ2n) is 7.19. The number of carbonyl (C=O) groups is 2. The van der Waals surface area contributed by atoms with Gasteiger partial charge in [0.2, 0.25) is 5.82 Å². The normalized spacial score (nSPS) is 11.6. The summed E-state index contributed by atoms with van der Waals surface area (Å²) >= 11 is 0. The number of rotatable bonds is 9. The van der Waals surface area contributed by atoms with Crippen LogP contribution in [0.1, 0.15) is 28.7 Å². The summed E-state index contributed by atoms with van der Waals surface area (Å²) in [5.41, 5.74) is 2.05. The zero-order chi connectivity index (χ0) is 24.0. The zero-order valence-corrected chi connectivity index (χ0v) is 18.2. The first kappa shape index (κ1) is 23.6. The minimum atomic E-state index is -1.19. The predicted molar refractivity (Wildman–Crippen MR) is 120 cm³/mol. The molecule has 0 saturated heterocycles. The van der Waals surface area contributed by atoms with Crippen LogP contribution in [0.4, 0.5) is 5.82 Å². The SMILES string of the molecule is CCc1nc([N+](=O)[O-])c(-c2ccc(C(=O)N[C@@H](CO)C(=O)OC)cc2)n1Cc1ccccc1. The van der Waals surface area contributed by atoms with Gasteiger partial charge in [-0.15, -0.1) is 0 Å². The molecule has 1 heterocycles. The largest absolute Gasteiger partial charge is 0.467 e. The Kier molecular flexibility index (Phi) is 7.52. The van der Waals surface area contributed by atoms with Crippen molar-refractivity contribution in [2.75, 3.05) is 13.7 Å². The Morgan fingerprint density at radius 3 is 2.39 bits per heavy atom. The number of aromatic nitrogens is 2. The van der Waals surface area contributed by atoms with Gasteiger partial charge in [0, 0.05) is 17.5 Å². The minimum Gasteiger partial charge on any atom is -0.467 e. The first-order valence-electron chi connectivity index (χ1n) is 10.3. The molecule has 0 saturated carbocycles. The van der Waals surface area contributed by atoms with Crippen LogP contribution in [0, 0.1) is 10.1 Å². The van der Waals surface area contributed by atoms with Crippen molar-refractivity contribution in [2.24, 2.45) is 0 Å². The third-order valence-corrected chi connectivity index (χ3v) is 5.10. The lowest BCUT2D eigenvalue weighted by atomic mass is 10.1. The van der Waals surface area contributed by atoms with Crippen LogP contribution in [0.15, 0.2) is 54.6 Å². The van der Waals surface area contributed by atoms with Gasteiger partial charge in [0.05, 0.1) is 20.3 Å². The van der Waals surface area contributed by atoms with E-state index >= 15 is 0 Å². The summed E-state index contributed by atoms with van der Waals surface area (Å²) in [6, 6.07) is 14.5. The summed E-state index contributed by atoms with van der Waals surface area (Å²) < 4.78 is 6.35. The van der Waals surface area contributed by atoms with Gasteiger partial charge in [-0.3, -0.25) is 9.36 Å². The quantitative estimate of drug-likeness (QED) is 0.289. The highest BCUT2D eigenvalue weighted by atomic mass is 16.6. The number of imidazole rings is 1. The topological polar surface area (TPSA) is 137 Å². The van der Waals surface area contributed by atoms with E-state index in [1.807, 2.05) is 41.8 Å². The lowest BCUT2D eigenvalue weighted by molar-refractivity contribution is -0.388. The molecule has 3 rings (SSSR count). The maximum atomic E-state index is 12.5. The summed E-state index contributed by atoms with van der Waals surface area (Å²) in [5.74, 6) is -1.04. The highest BCUT2D eigenvalue weighted by Crippen LogP contribution is 2.32. The van der Waals surface area contributed by atoms with E-state index in [-0.39, 0.29) is 11.4 Å². The molecular weight excluding hydrogens is 428 g/mol. The number of methoxy groups -OCH3 is 1. The van der Waals surface area contributed by atoms with Crippen molar-refractivity contribution in [1.29, 1.82) is 0 Å². The van der Waals surface area contributed by atoms with E-state index in [4.69, 9.17) is 0 Å². The Labute approximate surface area is 190 Å². The average molecular weight is 452 g/mol. The molecular formula is C23H24N4O6. The van der Waals surface area contributed by atoms with Crippen LogP contribution in [0.5, 0.6) is 0 Å². The van der Waals surface area contributed by atoms with Gasteiger partial charge in [-0.2, -0.15) is 0 Å². The van der Waals surface area contributed by atoms with Crippen LogP contribution >= 0.6 is 0 Å². The van der Waals surface area contributed by atoms with Gasteiger partial charge in [-0.05, 0) is 27.6 Å². The number of amides is 1. The zero-order valence-electron chi connectivity index (χ0n) is 18.2. The molecule has 0 bridgehead atoms. The summed E-state index contributed by atoms with van der Waals surface area (Å²) in [7, 11) is 1.15. The van der Waals surface area contributed by atoms with E-state index < -0.39 is 29.4 Å². The van der Waals surface area contributed by atoms with Gasteiger partial charge >= 0.3 is 11.8 Å². The first-order valence-corrected chi connectivity index (χ1v) is 10.3. The highest BCUT2D eigenvalue weighted by molar-refractivity contribution is 5.97. The maximum Gasteiger partial charge on any atom is 0.390 e. The first-order chi connectivity index (χ1) is 15.9. The molecule has 0 aliphatic rings. The third-order valence-electron chi connectivity index (χ3n) is 5.10. The number of nitro groups is 1. The number of aliphatic hydroxyl groups is 1. The number of hydrogen-bond donors (Lipinski definition) is 2. The van der Waals surface area contributed by atoms with Crippen LogP contribution in [-0.4, -0.2) is 51.2 Å². The molecule has 1 aromatic heterocycles. The fraction of sp³-hybridized carbons (Fsp3) is 0.261. The minimum absolute atomic E-state index is 0.216. The molecule has 0 radical (unpaired) electrons. The van der Waals surface area contributed by atoms with E-state index in [1.54, 1.807) is 12.1 Å². The molecule has 10 nitrogen and oxygen atoms in total. The standard InChI is InChI=1S/C23H24N4O6/c1-3-19-25-21(27(31)32)20(26(19)13-15-7-5-4-6-8-15)16-9-11-17(12-10-16)22(29)24-18(14-28)23(30)33-2/h4-12,18,28H,3,13-14H2,1-2H3,(H,24,29)/t18-/m0/s1. The van der Waals surface area contributed by atoms with E-state index in [0.717, 1.165) is 12.7 Å². The molecule has 0 aliphatic heterocycles. The fourth-order valence-electron chi connectivity index (χ4n) is 3.45. The number of hydrogen-bond acceptors (Lipinski definition) is 7. The second kappa shape index (κ2) is 10.5. The van der Waals surface area contributed by atoms with E-state index in [9.17, 15) is 24.8 Å². The smallest absolute Gasteiger partial charge is 0.390 e. The molecule has 2 N–H and O–H groups in total. The number of nitrogens with zero attached hydrogens (tertiary/aromatic N) is 3. The van der Waals surface area contributed by atoms with Crippen molar-refractivity contribution in [2.45, 2.75) is 25.9 Å². The second-order valence-corrected chi connectivity index (χ2v) is 7.19. The van der Waals surface area contributed by atoms with Crippen LogP contribution in [0.3, 0.4) is 0 Å². The summed E-state index contributed by atoms with van der Waals surface area (Å²) in [4.78, 5) is 39.5. The van der Waals surface area contributed by atoms with Gasteiger partial charge in [0.1, 0.15) is 0 Å². The van der Waals surface area contributed by atoms with E-state index in [0.29, 0.717) is 30.0 Å². The molecule has 0 aliphatic carbocycles. The van der Waals surface area contributed by atoms with Gasteiger partial charge in [-0.25, -0.2) is 4.79 Å². The predicted octanol–water partition coefficient (Wildman–Crippen LogP) is 2.33. The molecule has 172 valence electrons. The average Bonchev–Trinajstić information content (AvgIpc) is 3.21. The van der Waals surface area contributed by atoms with E-state index in [2.05, 4.69) is 15.0 Å².